The van der Waals surface area contributed by atoms with Gasteiger partial charge in [-0.05, 0) is 12.1 Å². The Morgan fingerprint density at radius 3 is 2.19 bits per heavy atom. The van der Waals surface area contributed by atoms with Gasteiger partial charge in [-0.3, -0.25) is 0 Å². The number of rotatable bonds is 1. The van der Waals surface area contributed by atoms with E-state index < -0.39 is 0 Å². The molecule has 4 rings (SSSR count). The number of fused-ring (bicyclic) bond motifs is 2. The van der Waals surface area contributed by atoms with Gasteiger partial charge in [-0.1, -0.05) is 18.2 Å². The molecule has 3 aliphatic heterocycles. The van der Waals surface area contributed by atoms with Crippen LogP contribution in [0.4, 0.5) is 5.69 Å². The van der Waals surface area contributed by atoms with Crippen molar-refractivity contribution in [3.05, 3.63) is 30.3 Å². The normalized spacial score (nSPS) is 40.4. The molecule has 3 saturated heterocycles. The molecule has 3 aliphatic rings. The fourth-order valence-electron chi connectivity index (χ4n) is 2.34. The smallest absolute Gasteiger partial charge is 0.161 e. The maximum absolute atomic E-state index is 5.62. The number of benzene rings is 1. The maximum atomic E-state index is 5.62. The molecule has 1 aromatic carbocycles. The fourth-order valence-corrected chi connectivity index (χ4v) is 2.34. The lowest BCUT2D eigenvalue weighted by Gasteiger charge is -2.22. The van der Waals surface area contributed by atoms with Gasteiger partial charge in [-0.25, -0.2) is 0 Å². The molecule has 0 bridgehead atoms. The maximum Gasteiger partial charge on any atom is 0.161 e. The van der Waals surface area contributed by atoms with Crippen LogP contribution in [-0.2, 0) is 14.2 Å². The first kappa shape index (κ1) is 8.98. The predicted molar refractivity (Wildman–Crippen MR) is 57.1 cm³/mol. The molecule has 0 N–H and O–H groups in total. The van der Waals surface area contributed by atoms with Crippen molar-refractivity contribution in [2.75, 3.05) is 18.1 Å². The van der Waals surface area contributed by atoms with E-state index in [0.29, 0.717) is 13.2 Å². The zero-order valence-corrected chi connectivity index (χ0v) is 8.78. The third-order valence-corrected chi connectivity index (χ3v) is 3.28. The lowest BCUT2D eigenvalue weighted by atomic mass is 10.2. The van der Waals surface area contributed by atoms with Crippen LogP contribution < -0.4 is 4.90 Å². The van der Waals surface area contributed by atoms with E-state index in [9.17, 15) is 0 Å². The average Bonchev–Trinajstić information content (AvgIpc) is 3.20. The molecule has 0 spiro atoms. The minimum absolute atomic E-state index is 0.137. The van der Waals surface area contributed by atoms with E-state index >= 15 is 0 Å². The van der Waals surface area contributed by atoms with Crippen LogP contribution in [0.3, 0.4) is 0 Å². The zero-order valence-electron chi connectivity index (χ0n) is 8.78. The third kappa shape index (κ3) is 1.34. The van der Waals surface area contributed by atoms with Crippen molar-refractivity contribution < 1.29 is 14.2 Å². The van der Waals surface area contributed by atoms with Crippen LogP contribution in [0.2, 0.25) is 0 Å². The molecule has 0 aromatic heterocycles. The topological polar surface area (TPSA) is 37.5 Å². The van der Waals surface area contributed by atoms with E-state index in [0.717, 1.165) is 0 Å². The summed E-state index contributed by atoms with van der Waals surface area (Å²) in [6.45, 7) is 1.36. The molecular formula is C12H13NO3. The van der Waals surface area contributed by atoms with Gasteiger partial charge in [0.15, 0.2) is 12.5 Å². The Bertz CT molecular complexity index is 379. The summed E-state index contributed by atoms with van der Waals surface area (Å²) in [6, 6.07) is 10.3. The van der Waals surface area contributed by atoms with Gasteiger partial charge in [0.2, 0.25) is 0 Å². The highest BCUT2D eigenvalue weighted by atomic mass is 16.7. The van der Waals surface area contributed by atoms with Crippen molar-refractivity contribution in [1.82, 2.24) is 0 Å². The summed E-state index contributed by atoms with van der Waals surface area (Å²) in [5.41, 5.74) is 1.17. The van der Waals surface area contributed by atoms with Crippen molar-refractivity contribution in [3.63, 3.8) is 0 Å². The largest absolute Gasteiger partial charge is 0.376 e. The van der Waals surface area contributed by atoms with E-state index in [4.69, 9.17) is 14.2 Å². The second-order valence-electron chi connectivity index (χ2n) is 4.41. The summed E-state index contributed by atoms with van der Waals surface area (Å²) in [4.78, 5) is 2.23. The highest BCUT2D eigenvalue weighted by molar-refractivity contribution is 5.50. The Morgan fingerprint density at radius 1 is 0.938 bits per heavy atom. The number of nitrogens with zero attached hydrogens (tertiary/aromatic N) is 1. The Kier molecular flexibility index (Phi) is 1.80. The Morgan fingerprint density at radius 2 is 1.56 bits per heavy atom. The van der Waals surface area contributed by atoms with Crippen molar-refractivity contribution in [2.45, 2.75) is 24.7 Å². The highest BCUT2D eigenvalue weighted by Crippen LogP contribution is 2.41. The summed E-state index contributed by atoms with van der Waals surface area (Å²) in [6.07, 6.45) is 0.700. The van der Waals surface area contributed by atoms with Crippen LogP contribution in [-0.4, -0.2) is 37.9 Å². The summed E-state index contributed by atoms with van der Waals surface area (Å²) in [7, 11) is 0. The van der Waals surface area contributed by atoms with Crippen LogP contribution in [0.15, 0.2) is 30.3 Å². The summed E-state index contributed by atoms with van der Waals surface area (Å²) in [5.74, 6) is 0. The molecule has 4 nitrogen and oxygen atoms in total. The molecule has 16 heavy (non-hydrogen) atoms. The zero-order chi connectivity index (χ0) is 10.5. The Hall–Kier alpha value is -1.10. The van der Waals surface area contributed by atoms with Gasteiger partial charge in [0.05, 0.1) is 13.2 Å². The minimum atomic E-state index is 0.137. The first-order valence-electron chi connectivity index (χ1n) is 5.65. The molecule has 0 aliphatic carbocycles. The van der Waals surface area contributed by atoms with E-state index in [1.54, 1.807) is 0 Å². The number of hydrogen-bond acceptors (Lipinski definition) is 4. The summed E-state index contributed by atoms with van der Waals surface area (Å²) in [5, 5.41) is 0. The van der Waals surface area contributed by atoms with E-state index in [-0.39, 0.29) is 24.7 Å². The second-order valence-corrected chi connectivity index (χ2v) is 4.41. The number of ether oxygens (including phenoxy) is 3. The van der Waals surface area contributed by atoms with Crippen LogP contribution in [0, 0.1) is 0 Å². The van der Waals surface area contributed by atoms with Crippen molar-refractivity contribution >= 4 is 5.69 Å². The Labute approximate surface area is 93.7 Å². The lowest BCUT2D eigenvalue weighted by molar-refractivity contribution is 0.101. The molecule has 4 heteroatoms. The first-order valence-corrected chi connectivity index (χ1v) is 5.65. The van der Waals surface area contributed by atoms with Crippen LogP contribution in [0.1, 0.15) is 0 Å². The molecule has 3 heterocycles. The summed E-state index contributed by atoms with van der Waals surface area (Å²) >= 11 is 0. The van der Waals surface area contributed by atoms with Gasteiger partial charge in [-0.15, -0.1) is 0 Å². The van der Waals surface area contributed by atoms with Crippen LogP contribution in [0.5, 0.6) is 0 Å². The molecule has 84 valence electrons. The second kappa shape index (κ2) is 3.20. The highest BCUT2D eigenvalue weighted by Gasteiger charge is 2.56. The average molecular weight is 219 g/mol. The molecule has 4 unspecified atom stereocenters. The lowest BCUT2D eigenvalue weighted by Crippen LogP contribution is -2.35. The van der Waals surface area contributed by atoms with Gasteiger partial charge in [-0.2, -0.15) is 0 Å². The molecular weight excluding hydrogens is 206 g/mol. The number of anilines is 1. The SMILES string of the molecule is c1ccc(N2C3OC3COCC3OC32)cc1. The number of para-hydroxylation sites is 1. The molecule has 0 saturated carbocycles. The van der Waals surface area contributed by atoms with Crippen molar-refractivity contribution in [2.24, 2.45) is 0 Å². The summed E-state index contributed by atoms with van der Waals surface area (Å²) < 4.78 is 16.7. The van der Waals surface area contributed by atoms with Gasteiger partial charge in [0.1, 0.15) is 12.2 Å². The minimum Gasteiger partial charge on any atom is -0.376 e. The third-order valence-electron chi connectivity index (χ3n) is 3.28. The van der Waals surface area contributed by atoms with Crippen molar-refractivity contribution in [1.29, 1.82) is 0 Å². The van der Waals surface area contributed by atoms with E-state index in [1.807, 2.05) is 18.2 Å². The predicted octanol–water partition coefficient (Wildman–Crippen LogP) is 0.973. The molecule has 3 fully saturated rings. The van der Waals surface area contributed by atoms with Gasteiger partial charge in [0, 0.05) is 5.69 Å². The molecule has 4 atom stereocenters. The van der Waals surface area contributed by atoms with E-state index in [2.05, 4.69) is 17.0 Å². The van der Waals surface area contributed by atoms with Gasteiger partial charge < -0.3 is 19.1 Å². The number of hydrogen-bond donors (Lipinski definition) is 0. The fraction of sp³-hybridized carbons (Fsp3) is 0.500. The quantitative estimate of drug-likeness (QED) is 0.660. The van der Waals surface area contributed by atoms with Gasteiger partial charge in [0.25, 0.3) is 0 Å². The standard InChI is InChI=1S/C12H13NO3/c1-2-4-8(5-3-1)13-11-9(15-11)6-14-7-10-12(13)16-10/h1-5,9-12H,6-7H2. The monoisotopic (exact) mass is 219 g/mol. The molecule has 0 radical (unpaired) electrons. The van der Waals surface area contributed by atoms with Crippen molar-refractivity contribution in [3.8, 4) is 0 Å². The number of epoxide rings is 2. The Balaban J connectivity index is 1.65. The molecule has 0 amide bonds. The first-order chi connectivity index (χ1) is 7.93. The van der Waals surface area contributed by atoms with Crippen LogP contribution in [0.25, 0.3) is 0 Å². The van der Waals surface area contributed by atoms with E-state index in [1.165, 1.54) is 5.69 Å². The van der Waals surface area contributed by atoms with Crippen LogP contribution >= 0.6 is 0 Å². The molecule has 1 aromatic rings. The van der Waals surface area contributed by atoms with Gasteiger partial charge >= 0.3 is 0 Å².